The van der Waals surface area contributed by atoms with Gasteiger partial charge in [-0.15, -0.1) is 5.10 Å². The molecule has 1 aliphatic heterocycles. The fourth-order valence-electron chi connectivity index (χ4n) is 2.49. The molecule has 3 heterocycles. The van der Waals surface area contributed by atoms with Gasteiger partial charge in [-0.3, -0.25) is 9.48 Å². The molecule has 23 heavy (non-hydrogen) atoms. The van der Waals surface area contributed by atoms with Gasteiger partial charge in [0, 0.05) is 20.0 Å². The molecule has 8 nitrogen and oxygen atoms in total. The maximum Gasteiger partial charge on any atom is 0.276 e. The van der Waals surface area contributed by atoms with Gasteiger partial charge >= 0.3 is 0 Å². The number of hydrogen-bond donors (Lipinski definition) is 0. The maximum atomic E-state index is 14.1. The topological polar surface area (TPSA) is 86.0 Å². The Kier molecular flexibility index (Phi) is 4.18. The largest absolute Gasteiger partial charge is 0.470 e. The summed E-state index contributed by atoms with van der Waals surface area (Å²) in [7, 11) is 1.70. The summed E-state index contributed by atoms with van der Waals surface area (Å²) in [5, 5.41) is 7.55. The lowest BCUT2D eigenvalue weighted by molar-refractivity contribution is 0.0764. The highest BCUT2D eigenvalue weighted by Crippen LogP contribution is 2.21. The fraction of sp³-hybridized carbons (Fsp3) is 0.500. The van der Waals surface area contributed by atoms with E-state index in [0.717, 1.165) is 0 Å². The zero-order valence-corrected chi connectivity index (χ0v) is 12.9. The van der Waals surface area contributed by atoms with Crippen LogP contribution in [-0.2, 0) is 13.5 Å². The minimum atomic E-state index is -0.534. The van der Waals surface area contributed by atoms with Gasteiger partial charge in [0.15, 0.2) is 5.69 Å². The number of likely N-dealkylation sites (tertiary alicyclic amines) is 1. The monoisotopic (exact) mass is 320 g/mol. The Morgan fingerprint density at radius 3 is 3.00 bits per heavy atom. The quantitative estimate of drug-likeness (QED) is 0.820. The van der Waals surface area contributed by atoms with E-state index < -0.39 is 5.82 Å². The summed E-state index contributed by atoms with van der Waals surface area (Å²) < 4.78 is 21.2. The van der Waals surface area contributed by atoms with Gasteiger partial charge in [0.2, 0.25) is 5.82 Å². The molecule has 2 aromatic heterocycles. The molecule has 1 atom stereocenters. The van der Waals surface area contributed by atoms with Gasteiger partial charge in [0.25, 0.3) is 11.8 Å². The van der Waals surface area contributed by atoms with Gasteiger partial charge in [-0.25, -0.2) is 4.98 Å². The average molecular weight is 320 g/mol. The molecule has 1 aliphatic rings. The van der Waals surface area contributed by atoms with E-state index in [4.69, 9.17) is 4.74 Å². The van der Waals surface area contributed by atoms with E-state index in [1.807, 2.05) is 6.92 Å². The van der Waals surface area contributed by atoms with Crippen molar-refractivity contribution in [1.82, 2.24) is 29.9 Å². The molecule has 0 aromatic carbocycles. The number of carbonyl (C=O) groups is 1. The molecule has 0 spiro atoms. The van der Waals surface area contributed by atoms with E-state index in [1.54, 1.807) is 18.1 Å². The van der Waals surface area contributed by atoms with E-state index in [2.05, 4.69) is 20.3 Å². The number of ether oxygens (including phenoxy) is 1. The van der Waals surface area contributed by atoms with E-state index in [-0.39, 0.29) is 23.6 Å². The van der Waals surface area contributed by atoms with Gasteiger partial charge in [-0.1, -0.05) is 12.1 Å². The molecule has 0 saturated carbocycles. The minimum Gasteiger partial charge on any atom is -0.470 e. The molecule has 1 fully saturated rings. The van der Waals surface area contributed by atoms with Crippen LogP contribution < -0.4 is 4.74 Å². The third kappa shape index (κ3) is 3.13. The van der Waals surface area contributed by atoms with Gasteiger partial charge in [-0.2, -0.15) is 9.37 Å². The predicted octanol–water partition coefficient (Wildman–Crippen LogP) is 0.600. The summed E-state index contributed by atoms with van der Waals surface area (Å²) in [6, 6.07) is 0. The summed E-state index contributed by atoms with van der Waals surface area (Å²) in [6.07, 6.45) is 3.62. The predicted molar refractivity (Wildman–Crippen MR) is 77.3 cm³/mol. The van der Waals surface area contributed by atoms with Crippen molar-refractivity contribution in [2.24, 2.45) is 7.05 Å². The van der Waals surface area contributed by atoms with Crippen molar-refractivity contribution in [3.8, 4) is 5.88 Å². The van der Waals surface area contributed by atoms with Crippen LogP contribution in [0.4, 0.5) is 4.39 Å². The van der Waals surface area contributed by atoms with E-state index in [1.165, 1.54) is 11.0 Å². The van der Waals surface area contributed by atoms with E-state index in [9.17, 15) is 9.18 Å². The zero-order chi connectivity index (χ0) is 16.4. The average Bonchev–Trinajstić information content (AvgIpc) is 3.18. The van der Waals surface area contributed by atoms with Crippen molar-refractivity contribution >= 4 is 5.91 Å². The fourth-order valence-corrected chi connectivity index (χ4v) is 2.49. The molecular weight excluding hydrogens is 303 g/mol. The molecule has 0 radical (unpaired) electrons. The zero-order valence-electron chi connectivity index (χ0n) is 12.9. The standard InChI is InChI=1S/C14H17FN6O2/c1-3-10-12(15)13(17-8-16-10)23-9-4-5-21(6-9)14(22)11-7-20(2)19-18-11/h7-9H,3-6H2,1-2H3/t9-/m0/s1. The maximum absolute atomic E-state index is 14.1. The van der Waals surface area contributed by atoms with Gasteiger partial charge in [-0.05, 0) is 6.42 Å². The van der Waals surface area contributed by atoms with Gasteiger partial charge in [0.1, 0.15) is 12.4 Å². The molecular formula is C14H17FN6O2. The molecule has 0 aliphatic carbocycles. The molecule has 2 aromatic rings. The van der Waals surface area contributed by atoms with Crippen LogP contribution in [0.15, 0.2) is 12.5 Å². The number of rotatable bonds is 4. The Hall–Kier alpha value is -2.58. The van der Waals surface area contributed by atoms with Crippen LogP contribution in [0.5, 0.6) is 5.88 Å². The smallest absolute Gasteiger partial charge is 0.276 e. The molecule has 9 heteroatoms. The number of nitrogens with zero attached hydrogens (tertiary/aromatic N) is 6. The lowest BCUT2D eigenvalue weighted by atomic mass is 10.3. The van der Waals surface area contributed by atoms with Crippen LogP contribution in [0, 0.1) is 5.82 Å². The summed E-state index contributed by atoms with van der Waals surface area (Å²) >= 11 is 0. The molecule has 1 saturated heterocycles. The lowest BCUT2D eigenvalue weighted by Crippen LogP contribution is -2.31. The number of hydrogen-bond acceptors (Lipinski definition) is 6. The lowest BCUT2D eigenvalue weighted by Gasteiger charge is -2.16. The molecule has 3 rings (SSSR count). The first-order chi connectivity index (χ1) is 11.1. The number of aromatic nitrogens is 5. The summed E-state index contributed by atoms with van der Waals surface area (Å²) in [4.78, 5) is 21.6. The highest BCUT2D eigenvalue weighted by atomic mass is 19.1. The van der Waals surface area contributed by atoms with Crippen LogP contribution in [-0.4, -0.2) is 55.0 Å². The first kappa shape index (κ1) is 15.3. The molecule has 0 N–H and O–H groups in total. The van der Waals surface area contributed by atoms with Crippen molar-refractivity contribution in [3.05, 3.63) is 29.7 Å². The van der Waals surface area contributed by atoms with E-state index >= 15 is 0 Å². The van der Waals surface area contributed by atoms with Crippen molar-refractivity contribution in [2.45, 2.75) is 25.9 Å². The number of amides is 1. The summed E-state index contributed by atoms with van der Waals surface area (Å²) in [5.41, 5.74) is 0.607. The highest BCUT2D eigenvalue weighted by Gasteiger charge is 2.30. The van der Waals surface area contributed by atoms with Crippen LogP contribution in [0.1, 0.15) is 29.5 Å². The van der Waals surface area contributed by atoms with E-state index in [0.29, 0.717) is 31.6 Å². The third-order valence-electron chi connectivity index (χ3n) is 3.70. The first-order valence-electron chi connectivity index (χ1n) is 7.40. The molecule has 122 valence electrons. The Morgan fingerprint density at radius 1 is 1.48 bits per heavy atom. The minimum absolute atomic E-state index is 0.0596. The number of halogens is 1. The first-order valence-corrected chi connectivity index (χ1v) is 7.40. The Balaban J connectivity index is 1.65. The van der Waals surface area contributed by atoms with Crippen molar-refractivity contribution in [1.29, 1.82) is 0 Å². The molecule has 0 bridgehead atoms. The second-order valence-electron chi connectivity index (χ2n) is 5.35. The van der Waals surface area contributed by atoms with Crippen LogP contribution in [0.2, 0.25) is 0 Å². The Labute approximate surface area is 132 Å². The Morgan fingerprint density at radius 2 is 2.30 bits per heavy atom. The second-order valence-corrected chi connectivity index (χ2v) is 5.35. The molecule has 0 unspecified atom stereocenters. The summed E-state index contributed by atoms with van der Waals surface area (Å²) in [6.45, 7) is 2.69. The number of carbonyl (C=O) groups excluding carboxylic acids is 1. The van der Waals surface area contributed by atoms with Crippen LogP contribution in [0.25, 0.3) is 0 Å². The second kappa shape index (κ2) is 6.27. The van der Waals surface area contributed by atoms with Gasteiger partial charge < -0.3 is 9.64 Å². The highest BCUT2D eigenvalue weighted by molar-refractivity contribution is 5.92. The Bertz CT molecular complexity index is 719. The van der Waals surface area contributed by atoms with Gasteiger partial charge in [0.05, 0.1) is 18.4 Å². The molecule has 1 amide bonds. The van der Waals surface area contributed by atoms with Crippen molar-refractivity contribution in [2.75, 3.05) is 13.1 Å². The van der Waals surface area contributed by atoms with Crippen molar-refractivity contribution < 1.29 is 13.9 Å². The van der Waals surface area contributed by atoms with Crippen molar-refractivity contribution in [3.63, 3.8) is 0 Å². The number of aryl methyl sites for hydroxylation is 2. The van der Waals surface area contributed by atoms with Crippen LogP contribution in [0.3, 0.4) is 0 Å². The third-order valence-corrected chi connectivity index (χ3v) is 3.70. The van der Waals surface area contributed by atoms with Crippen LogP contribution >= 0.6 is 0 Å². The summed E-state index contributed by atoms with van der Waals surface area (Å²) in [5.74, 6) is -0.800. The normalized spacial score (nSPS) is 17.5. The SMILES string of the molecule is CCc1ncnc(O[C@H]2CCN(C(=O)c3cn(C)nn3)C2)c1F.